The van der Waals surface area contributed by atoms with Gasteiger partial charge < -0.3 is 14.5 Å². The van der Waals surface area contributed by atoms with Gasteiger partial charge in [0.1, 0.15) is 5.60 Å². The van der Waals surface area contributed by atoms with Crippen molar-refractivity contribution in [1.82, 2.24) is 9.80 Å². The second kappa shape index (κ2) is 5.87. The minimum absolute atomic E-state index is 0.0712. The van der Waals surface area contributed by atoms with Crippen LogP contribution in [0.5, 0.6) is 0 Å². The maximum Gasteiger partial charge on any atom is 0.410 e. The van der Waals surface area contributed by atoms with E-state index in [0.717, 1.165) is 18.4 Å². The molecule has 2 aliphatic heterocycles. The second-order valence-electron chi connectivity index (χ2n) is 7.35. The van der Waals surface area contributed by atoms with Crippen LogP contribution in [-0.4, -0.2) is 52.6 Å². The van der Waals surface area contributed by atoms with Gasteiger partial charge in [0.25, 0.3) is 5.91 Å². The Bertz CT molecular complexity index is 580. The van der Waals surface area contributed by atoms with Crippen molar-refractivity contribution < 1.29 is 14.3 Å². The Hall–Kier alpha value is -2.04. The molecule has 5 heteroatoms. The molecule has 1 aromatic carbocycles. The van der Waals surface area contributed by atoms with Crippen molar-refractivity contribution >= 4 is 12.0 Å². The van der Waals surface area contributed by atoms with Gasteiger partial charge in [-0.25, -0.2) is 4.79 Å². The van der Waals surface area contributed by atoms with E-state index in [1.54, 1.807) is 4.90 Å². The summed E-state index contributed by atoms with van der Waals surface area (Å²) in [5.74, 6) is 0.0712. The Labute approximate surface area is 137 Å². The zero-order chi connectivity index (χ0) is 16.6. The number of hydrogen-bond donors (Lipinski definition) is 0. The highest BCUT2D eigenvalue weighted by Gasteiger charge is 2.44. The minimum atomic E-state index is -0.493. The summed E-state index contributed by atoms with van der Waals surface area (Å²) in [7, 11) is 0. The average Bonchev–Trinajstić information content (AvgIpc) is 2.75. The van der Waals surface area contributed by atoms with E-state index in [1.807, 2.05) is 56.0 Å². The van der Waals surface area contributed by atoms with Crippen LogP contribution < -0.4 is 0 Å². The van der Waals surface area contributed by atoms with Crippen molar-refractivity contribution in [3.8, 4) is 0 Å². The largest absolute Gasteiger partial charge is 0.444 e. The fourth-order valence-electron chi connectivity index (χ4n) is 3.44. The first-order chi connectivity index (χ1) is 10.8. The fraction of sp³-hybridized carbons (Fsp3) is 0.556. The molecule has 3 rings (SSSR count). The smallest absolute Gasteiger partial charge is 0.410 e. The van der Waals surface area contributed by atoms with E-state index in [0.29, 0.717) is 13.1 Å². The highest BCUT2D eigenvalue weighted by atomic mass is 16.6. The zero-order valence-electron chi connectivity index (χ0n) is 14.0. The molecule has 0 aliphatic carbocycles. The van der Waals surface area contributed by atoms with Gasteiger partial charge in [-0.15, -0.1) is 0 Å². The van der Waals surface area contributed by atoms with Crippen LogP contribution in [0, 0.1) is 0 Å². The number of fused-ring (bicyclic) bond motifs is 2. The highest BCUT2D eigenvalue weighted by molar-refractivity contribution is 5.95. The first-order valence-electron chi connectivity index (χ1n) is 8.21. The van der Waals surface area contributed by atoms with E-state index < -0.39 is 5.60 Å². The number of rotatable bonds is 1. The summed E-state index contributed by atoms with van der Waals surface area (Å²) in [4.78, 5) is 28.8. The van der Waals surface area contributed by atoms with E-state index in [2.05, 4.69) is 0 Å². The molecule has 1 aromatic rings. The van der Waals surface area contributed by atoms with Gasteiger partial charge >= 0.3 is 6.09 Å². The summed E-state index contributed by atoms with van der Waals surface area (Å²) in [5.41, 5.74) is 0.225. The Balaban J connectivity index is 1.70. The predicted octanol–water partition coefficient (Wildman–Crippen LogP) is 2.91. The molecule has 0 saturated carbocycles. The molecule has 0 aromatic heterocycles. The van der Waals surface area contributed by atoms with E-state index in [1.165, 1.54) is 0 Å². The van der Waals surface area contributed by atoms with Crippen LogP contribution in [0.2, 0.25) is 0 Å². The quantitative estimate of drug-likeness (QED) is 0.800. The Morgan fingerprint density at radius 2 is 1.61 bits per heavy atom. The Morgan fingerprint density at radius 1 is 1.04 bits per heavy atom. The molecule has 2 atom stereocenters. The standard InChI is InChI=1S/C18H24N2O3/c1-18(2,3)23-17(22)19-11-14-9-10-15(12-19)20(14)16(21)13-7-5-4-6-8-13/h4-8,14-15H,9-12H2,1-3H3. The summed E-state index contributed by atoms with van der Waals surface area (Å²) >= 11 is 0. The number of carbonyl (C=O) groups excluding carboxylic acids is 2. The molecule has 2 amide bonds. The molecule has 124 valence electrons. The van der Waals surface area contributed by atoms with Crippen LogP contribution in [0.3, 0.4) is 0 Å². The third kappa shape index (κ3) is 3.33. The van der Waals surface area contributed by atoms with Crippen LogP contribution >= 0.6 is 0 Å². The lowest BCUT2D eigenvalue weighted by atomic mass is 10.1. The number of ether oxygens (including phenoxy) is 1. The number of amides is 2. The summed E-state index contributed by atoms with van der Waals surface area (Å²) in [6.45, 7) is 6.73. The molecule has 0 N–H and O–H groups in total. The fourth-order valence-corrected chi connectivity index (χ4v) is 3.44. The van der Waals surface area contributed by atoms with Crippen LogP contribution in [-0.2, 0) is 4.74 Å². The van der Waals surface area contributed by atoms with E-state index in [-0.39, 0.29) is 24.1 Å². The molecule has 2 saturated heterocycles. The maximum absolute atomic E-state index is 12.8. The number of nitrogens with zero attached hydrogens (tertiary/aromatic N) is 2. The Morgan fingerprint density at radius 3 is 2.13 bits per heavy atom. The van der Waals surface area contributed by atoms with E-state index >= 15 is 0 Å². The third-order valence-corrected chi connectivity index (χ3v) is 4.39. The summed E-state index contributed by atoms with van der Waals surface area (Å²) in [5, 5.41) is 0. The Kier molecular flexibility index (Phi) is 4.04. The van der Waals surface area contributed by atoms with Crippen molar-refractivity contribution in [2.24, 2.45) is 0 Å². The molecule has 0 radical (unpaired) electrons. The topological polar surface area (TPSA) is 49.9 Å². The lowest BCUT2D eigenvalue weighted by Gasteiger charge is -2.41. The molecule has 2 heterocycles. The zero-order valence-corrected chi connectivity index (χ0v) is 14.0. The van der Waals surface area contributed by atoms with E-state index in [4.69, 9.17) is 4.74 Å². The van der Waals surface area contributed by atoms with Crippen LogP contribution in [0.15, 0.2) is 30.3 Å². The summed E-state index contributed by atoms with van der Waals surface area (Å²) in [6, 6.07) is 9.55. The molecular formula is C18H24N2O3. The molecule has 2 fully saturated rings. The van der Waals surface area contributed by atoms with E-state index in [9.17, 15) is 9.59 Å². The number of hydrogen-bond acceptors (Lipinski definition) is 3. The average molecular weight is 316 g/mol. The number of benzene rings is 1. The lowest BCUT2D eigenvalue weighted by Crippen LogP contribution is -2.57. The van der Waals surface area contributed by atoms with Crippen LogP contribution in [0.4, 0.5) is 4.79 Å². The monoisotopic (exact) mass is 316 g/mol. The number of likely N-dealkylation sites (tertiary alicyclic amines) is 1. The first kappa shape index (κ1) is 15.8. The molecule has 0 spiro atoms. The van der Waals surface area contributed by atoms with Gasteiger partial charge in [-0.2, -0.15) is 0 Å². The third-order valence-electron chi connectivity index (χ3n) is 4.39. The predicted molar refractivity (Wildman–Crippen MR) is 87.2 cm³/mol. The molecule has 23 heavy (non-hydrogen) atoms. The summed E-state index contributed by atoms with van der Waals surface area (Å²) < 4.78 is 5.47. The van der Waals surface area contributed by atoms with Crippen molar-refractivity contribution in [3.05, 3.63) is 35.9 Å². The van der Waals surface area contributed by atoms with Gasteiger partial charge in [-0.1, -0.05) is 18.2 Å². The van der Waals surface area contributed by atoms with Gasteiger partial charge in [0, 0.05) is 18.7 Å². The molecular weight excluding hydrogens is 292 g/mol. The van der Waals surface area contributed by atoms with Gasteiger partial charge in [0.05, 0.1) is 12.1 Å². The second-order valence-corrected chi connectivity index (χ2v) is 7.35. The number of carbonyl (C=O) groups is 2. The summed E-state index contributed by atoms with van der Waals surface area (Å²) in [6.07, 6.45) is 1.62. The molecule has 5 nitrogen and oxygen atoms in total. The van der Waals surface area contributed by atoms with Crippen LogP contribution in [0.1, 0.15) is 44.0 Å². The van der Waals surface area contributed by atoms with Crippen molar-refractivity contribution in [3.63, 3.8) is 0 Å². The lowest BCUT2D eigenvalue weighted by molar-refractivity contribution is 0.00240. The van der Waals surface area contributed by atoms with Crippen molar-refractivity contribution in [2.75, 3.05) is 13.1 Å². The van der Waals surface area contributed by atoms with Gasteiger partial charge in [-0.3, -0.25) is 4.79 Å². The molecule has 2 aliphatic rings. The molecule has 2 unspecified atom stereocenters. The number of piperazine rings is 1. The SMILES string of the molecule is CC(C)(C)OC(=O)N1CC2CCC(C1)N2C(=O)c1ccccc1. The minimum Gasteiger partial charge on any atom is -0.444 e. The van der Waals surface area contributed by atoms with Crippen molar-refractivity contribution in [1.29, 1.82) is 0 Å². The first-order valence-corrected chi connectivity index (χ1v) is 8.21. The molecule has 2 bridgehead atoms. The van der Waals surface area contributed by atoms with Crippen LogP contribution in [0.25, 0.3) is 0 Å². The highest BCUT2D eigenvalue weighted by Crippen LogP contribution is 2.32. The van der Waals surface area contributed by atoms with Gasteiger partial charge in [0.2, 0.25) is 0 Å². The van der Waals surface area contributed by atoms with Gasteiger partial charge in [0.15, 0.2) is 0 Å². The maximum atomic E-state index is 12.8. The van der Waals surface area contributed by atoms with Crippen molar-refractivity contribution in [2.45, 2.75) is 51.3 Å². The van der Waals surface area contributed by atoms with Gasteiger partial charge in [-0.05, 0) is 45.7 Å². The normalized spacial score (nSPS) is 23.8.